The van der Waals surface area contributed by atoms with E-state index in [9.17, 15) is 9.59 Å². The van der Waals surface area contributed by atoms with Crippen LogP contribution in [-0.4, -0.2) is 32.6 Å². The molecule has 1 heterocycles. The highest BCUT2D eigenvalue weighted by Gasteiger charge is 2.14. The van der Waals surface area contributed by atoms with Crippen molar-refractivity contribution in [2.45, 2.75) is 0 Å². The van der Waals surface area contributed by atoms with Crippen molar-refractivity contribution in [1.82, 2.24) is 0 Å². The highest BCUT2D eigenvalue weighted by Crippen LogP contribution is 2.27. The predicted molar refractivity (Wildman–Crippen MR) is 78.5 cm³/mol. The van der Waals surface area contributed by atoms with E-state index >= 15 is 0 Å². The second-order valence-corrected chi connectivity index (χ2v) is 4.99. The van der Waals surface area contributed by atoms with Crippen LogP contribution >= 0.6 is 11.3 Å². The van der Waals surface area contributed by atoms with E-state index in [1.165, 1.54) is 31.6 Å². The first-order chi connectivity index (χ1) is 10.2. The number of ether oxygens (including phenoxy) is 3. The van der Waals surface area contributed by atoms with E-state index < -0.39 is 5.97 Å². The number of thiophene rings is 1. The van der Waals surface area contributed by atoms with Gasteiger partial charge in [0.25, 0.3) is 0 Å². The zero-order valence-corrected chi connectivity index (χ0v) is 12.4. The van der Waals surface area contributed by atoms with Gasteiger partial charge in [-0.3, -0.25) is 4.79 Å². The van der Waals surface area contributed by atoms with Crippen LogP contribution in [0.2, 0.25) is 0 Å². The number of esters is 1. The molecule has 0 spiro atoms. The molecule has 0 aliphatic heterocycles. The monoisotopic (exact) mass is 306 g/mol. The molecule has 0 radical (unpaired) electrons. The summed E-state index contributed by atoms with van der Waals surface area (Å²) in [5.41, 5.74) is 0.298. The van der Waals surface area contributed by atoms with Crippen LogP contribution in [0.1, 0.15) is 20.0 Å². The zero-order valence-electron chi connectivity index (χ0n) is 11.6. The summed E-state index contributed by atoms with van der Waals surface area (Å²) in [5, 5.41) is 1.80. The number of hydrogen-bond donors (Lipinski definition) is 0. The molecule has 0 fully saturated rings. The molecule has 0 N–H and O–H groups in total. The van der Waals surface area contributed by atoms with Crippen molar-refractivity contribution in [2.75, 3.05) is 20.8 Å². The number of hydrogen-bond acceptors (Lipinski definition) is 6. The van der Waals surface area contributed by atoms with Crippen molar-refractivity contribution in [2.24, 2.45) is 0 Å². The Labute approximate surface area is 126 Å². The van der Waals surface area contributed by atoms with Gasteiger partial charge in [0.15, 0.2) is 18.1 Å². The van der Waals surface area contributed by atoms with Gasteiger partial charge in [-0.05, 0) is 29.6 Å². The summed E-state index contributed by atoms with van der Waals surface area (Å²) < 4.78 is 15.2. The van der Waals surface area contributed by atoms with Crippen LogP contribution in [0.15, 0.2) is 35.7 Å². The van der Waals surface area contributed by atoms with E-state index in [0.29, 0.717) is 21.9 Å². The lowest BCUT2D eigenvalue weighted by Crippen LogP contribution is -2.13. The Kier molecular flexibility index (Phi) is 4.94. The van der Waals surface area contributed by atoms with E-state index in [1.54, 1.807) is 29.6 Å². The minimum absolute atomic E-state index is 0.223. The molecule has 21 heavy (non-hydrogen) atoms. The number of methoxy groups -OCH3 is 2. The molecule has 0 unspecified atom stereocenters. The molecular formula is C15H14O5S. The summed E-state index contributed by atoms with van der Waals surface area (Å²) in [6.45, 7) is -0.284. The Morgan fingerprint density at radius 3 is 2.48 bits per heavy atom. The third kappa shape index (κ3) is 3.61. The molecule has 0 saturated carbocycles. The maximum Gasteiger partial charge on any atom is 0.338 e. The van der Waals surface area contributed by atoms with Crippen LogP contribution in [0, 0.1) is 0 Å². The number of rotatable bonds is 6. The van der Waals surface area contributed by atoms with Gasteiger partial charge in [-0.1, -0.05) is 6.07 Å². The fourth-order valence-electron chi connectivity index (χ4n) is 1.69. The lowest BCUT2D eigenvalue weighted by atomic mass is 10.2. The molecule has 1 aromatic carbocycles. The first kappa shape index (κ1) is 15.1. The predicted octanol–water partition coefficient (Wildman–Crippen LogP) is 2.81. The topological polar surface area (TPSA) is 61.8 Å². The van der Waals surface area contributed by atoms with E-state index in [1.807, 2.05) is 0 Å². The Hall–Kier alpha value is -2.34. The van der Waals surface area contributed by atoms with Crippen molar-refractivity contribution in [1.29, 1.82) is 0 Å². The van der Waals surface area contributed by atoms with E-state index in [0.717, 1.165) is 0 Å². The maximum absolute atomic E-state index is 11.9. The fourth-order valence-corrected chi connectivity index (χ4v) is 2.34. The average molecular weight is 306 g/mol. The largest absolute Gasteiger partial charge is 0.493 e. The Morgan fingerprint density at radius 2 is 1.86 bits per heavy atom. The minimum Gasteiger partial charge on any atom is -0.493 e. The van der Waals surface area contributed by atoms with Crippen LogP contribution in [0.5, 0.6) is 11.5 Å². The van der Waals surface area contributed by atoms with Crippen molar-refractivity contribution in [3.05, 3.63) is 46.2 Å². The first-order valence-electron chi connectivity index (χ1n) is 6.11. The molecule has 0 bridgehead atoms. The minimum atomic E-state index is -0.583. The summed E-state index contributed by atoms with van der Waals surface area (Å²) >= 11 is 1.31. The molecule has 0 aliphatic carbocycles. The molecule has 1 aromatic heterocycles. The van der Waals surface area contributed by atoms with Crippen LogP contribution < -0.4 is 9.47 Å². The Balaban J connectivity index is 2.02. The van der Waals surface area contributed by atoms with Crippen LogP contribution in [-0.2, 0) is 4.74 Å². The molecule has 0 saturated heterocycles. The van der Waals surface area contributed by atoms with Crippen molar-refractivity contribution < 1.29 is 23.8 Å². The fraction of sp³-hybridized carbons (Fsp3) is 0.200. The van der Waals surface area contributed by atoms with Gasteiger partial charge in [0.05, 0.1) is 24.7 Å². The van der Waals surface area contributed by atoms with E-state index in [2.05, 4.69) is 0 Å². The molecule has 2 aromatic rings. The van der Waals surface area contributed by atoms with Gasteiger partial charge in [-0.15, -0.1) is 11.3 Å². The standard InChI is InChI=1S/C15H14O5S/c1-18-12-6-5-10(8-13(12)19-2)15(17)20-9-11(16)14-4-3-7-21-14/h3-8H,9H2,1-2H3. The maximum atomic E-state index is 11.9. The van der Waals surface area contributed by atoms with Gasteiger partial charge in [-0.2, -0.15) is 0 Å². The highest BCUT2D eigenvalue weighted by molar-refractivity contribution is 7.12. The summed E-state index contributed by atoms with van der Waals surface area (Å²) in [4.78, 5) is 24.2. The zero-order chi connectivity index (χ0) is 15.2. The lowest BCUT2D eigenvalue weighted by molar-refractivity contribution is 0.0475. The molecule has 110 valence electrons. The number of benzene rings is 1. The summed E-state index contributed by atoms with van der Waals surface area (Å²) in [5.74, 6) is 0.139. The van der Waals surface area contributed by atoms with Gasteiger partial charge in [0, 0.05) is 0 Å². The first-order valence-corrected chi connectivity index (χ1v) is 6.99. The molecule has 5 nitrogen and oxygen atoms in total. The number of ketones is 1. The third-order valence-corrected chi connectivity index (χ3v) is 3.66. The normalized spacial score (nSPS) is 10.0. The molecule has 2 rings (SSSR count). The number of carbonyl (C=O) groups is 2. The summed E-state index contributed by atoms with van der Waals surface area (Å²) in [7, 11) is 2.99. The van der Waals surface area contributed by atoms with Gasteiger partial charge < -0.3 is 14.2 Å². The highest BCUT2D eigenvalue weighted by atomic mass is 32.1. The number of Topliss-reactive ketones (excluding diaryl/α,β-unsaturated/α-hetero) is 1. The van der Waals surface area contributed by atoms with Gasteiger partial charge in [0.2, 0.25) is 5.78 Å². The second-order valence-electron chi connectivity index (χ2n) is 4.05. The van der Waals surface area contributed by atoms with Gasteiger partial charge in [-0.25, -0.2) is 4.79 Å². The van der Waals surface area contributed by atoms with Crippen LogP contribution in [0.4, 0.5) is 0 Å². The second kappa shape index (κ2) is 6.90. The smallest absolute Gasteiger partial charge is 0.338 e. The van der Waals surface area contributed by atoms with Crippen LogP contribution in [0.25, 0.3) is 0 Å². The summed E-state index contributed by atoms with van der Waals surface area (Å²) in [6, 6.07) is 8.14. The lowest BCUT2D eigenvalue weighted by Gasteiger charge is -2.09. The van der Waals surface area contributed by atoms with E-state index in [-0.39, 0.29) is 12.4 Å². The average Bonchev–Trinajstić information content (AvgIpc) is 3.06. The van der Waals surface area contributed by atoms with Crippen molar-refractivity contribution in [3.8, 4) is 11.5 Å². The SMILES string of the molecule is COc1ccc(C(=O)OCC(=O)c2cccs2)cc1OC. The molecule has 0 aliphatic rings. The van der Waals surface area contributed by atoms with Crippen molar-refractivity contribution >= 4 is 23.1 Å². The Morgan fingerprint density at radius 1 is 1.10 bits per heavy atom. The Bertz CT molecular complexity index is 634. The van der Waals surface area contributed by atoms with Gasteiger partial charge >= 0.3 is 5.97 Å². The molecule has 0 atom stereocenters. The number of carbonyl (C=O) groups excluding carboxylic acids is 2. The quantitative estimate of drug-likeness (QED) is 0.606. The molecular weight excluding hydrogens is 292 g/mol. The van der Waals surface area contributed by atoms with Gasteiger partial charge in [0.1, 0.15) is 0 Å². The molecule has 0 amide bonds. The third-order valence-electron chi connectivity index (χ3n) is 2.75. The van der Waals surface area contributed by atoms with E-state index in [4.69, 9.17) is 14.2 Å². The summed E-state index contributed by atoms with van der Waals surface area (Å²) in [6.07, 6.45) is 0. The molecule has 6 heteroatoms. The van der Waals surface area contributed by atoms with Crippen LogP contribution in [0.3, 0.4) is 0 Å². The van der Waals surface area contributed by atoms with Crippen molar-refractivity contribution in [3.63, 3.8) is 0 Å².